The molecule has 13 heteroatoms. The fraction of sp³-hybridized carbons (Fsp3) is 0.532. The first kappa shape index (κ1) is 44.7. The normalized spacial score (nSPS) is 22.3. The molecule has 324 valence electrons. The van der Waals surface area contributed by atoms with Gasteiger partial charge < -0.3 is 29.3 Å². The van der Waals surface area contributed by atoms with Crippen molar-refractivity contribution in [2.24, 2.45) is 0 Å². The van der Waals surface area contributed by atoms with Gasteiger partial charge in [-0.2, -0.15) is 0 Å². The van der Waals surface area contributed by atoms with Crippen LogP contribution >= 0.6 is 0 Å². The lowest BCUT2D eigenvalue weighted by Crippen LogP contribution is -2.64. The van der Waals surface area contributed by atoms with Gasteiger partial charge in [-0.3, -0.25) is 24.2 Å². The molecule has 3 aromatic carbocycles. The molecule has 0 bridgehead atoms. The summed E-state index contributed by atoms with van der Waals surface area (Å²) < 4.78 is 30.6. The molecular formula is C47H62FN5O7. The number of morpholine rings is 1. The van der Waals surface area contributed by atoms with E-state index in [1.165, 1.54) is 12.1 Å². The van der Waals surface area contributed by atoms with Crippen LogP contribution in [0.2, 0.25) is 0 Å². The molecule has 2 fully saturated rings. The van der Waals surface area contributed by atoms with E-state index in [4.69, 9.17) is 14.2 Å². The summed E-state index contributed by atoms with van der Waals surface area (Å²) in [5.41, 5.74) is 3.68. The fourth-order valence-electron chi connectivity index (χ4n) is 8.52. The van der Waals surface area contributed by atoms with Crippen molar-refractivity contribution < 1.29 is 37.8 Å². The molecule has 12 nitrogen and oxygen atoms in total. The highest BCUT2D eigenvalue weighted by atomic mass is 19.1. The minimum absolute atomic E-state index is 0.0285. The van der Waals surface area contributed by atoms with Gasteiger partial charge in [0.1, 0.15) is 24.4 Å². The highest BCUT2D eigenvalue weighted by Crippen LogP contribution is 2.44. The number of anilines is 1. The predicted molar refractivity (Wildman–Crippen MR) is 228 cm³/mol. The number of hydrogen-bond acceptors (Lipinski definition) is 9. The van der Waals surface area contributed by atoms with E-state index in [2.05, 4.69) is 47.2 Å². The Morgan fingerprint density at radius 2 is 1.65 bits per heavy atom. The van der Waals surface area contributed by atoms with Gasteiger partial charge in [0.2, 0.25) is 11.8 Å². The highest BCUT2D eigenvalue weighted by molar-refractivity contribution is 5.98. The molecule has 0 radical (unpaired) electrons. The van der Waals surface area contributed by atoms with E-state index in [1.807, 2.05) is 62.9 Å². The Bertz CT molecular complexity index is 1960. The number of halogens is 1. The third kappa shape index (κ3) is 11.9. The van der Waals surface area contributed by atoms with Crippen LogP contribution in [0.1, 0.15) is 83.1 Å². The molecule has 2 saturated heterocycles. The minimum Gasteiger partial charge on any atom is -0.460 e. The summed E-state index contributed by atoms with van der Waals surface area (Å²) in [6.07, 6.45) is 1.18. The van der Waals surface area contributed by atoms with Gasteiger partial charge >= 0.3 is 12.1 Å². The summed E-state index contributed by atoms with van der Waals surface area (Å²) in [6, 6.07) is 22.0. The van der Waals surface area contributed by atoms with Crippen LogP contribution in [0.4, 0.5) is 14.9 Å². The van der Waals surface area contributed by atoms with Crippen LogP contribution in [0.5, 0.6) is 0 Å². The zero-order valence-corrected chi connectivity index (χ0v) is 36.1. The van der Waals surface area contributed by atoms with E-state index in [0.29, 0.717) is 65.2 Å². The number of carbonyl (C=O) groups excluding carboxylic acids is 4. The molecular weight excluding hydrogens is 766 g/mol. The van der Waals surface area contributed by atoms with Crippen molar-refractivity contribution in [1.82, 2.24) is 20.0 Å². The van der Waals surface area contributed by atoms with Crippen molar-refractivity contribution in [2.45, 2.75) is 103 Å². The Hall–Kier alpha value is -4.85. The topological polar surface area (TPSA) is 121 Å². The van der Waals surface area contributed by atoms with Crippen molar-refractivity contribution in [2.75, 3.05) is 63.9 Å². The summed E-state index contributed by atoms with van der Waals surface area (Å²) in [5, 5.41) is 2.87. The second-order valence-electron chi connectivity index (χ2n) is 18.0. The zero-order valence-electron chi connectivity index (χ0n) is 36.1. The number of hydrogen-bond donors (Lipinski definition) is 1. The molecule has 4 atom stereocenters. The molecule has 60 heavy (non-hydrogen) atoms. The van der Waals surface area contributed by atoms with Gasteiger partial charge in [-0.05, 0) is 94.3 Å². The van der Waals surface area contributed by atoms with Crippen LogP contribution in [0.3, 0.4) is 0 Å². The number of nitrogens with one attached hydrogen (secondary N) is 1. The van der Waals surface area contributed by atoms with E-state index >= 15 is 0 Å². The zero-order chi connectivity index (χ0) is 43.0. The molecule has 0 aromatic heterocycles. The second kappa shape index (κ2) is 19.7. The number of ether oxygens (including phenoxy) is 3. The Morgan fingerprint density at radius 1 is 0.917 bits per heavy atom. The van der Waals surface area contributed by atoms with Crippen molar-refractivity contribution in [3.05, 3.63) is 101 Å². The van der Waals surface area contributed by atoms with Crippen molar-refractivity contribution in [3.63, 3.8) is 0 Å². The highest BCUT2D eigenvalue weighted by Gasteiger charge is 2.43. The molecule has 6 rings (SSSR count). The summed E-state index contributed by atoms with van der Waals surface area (Å²) >= 11 is 0. The molecule has 3 heterocycles. The van der Waals surface area contributed by atoms with E-state index in [1.54, 1.807) is 17.0 Å². The molecule has 3 aliphatic heterocycles. The number of carbonyl (C=O) groups is 4. The Labute approximate surface area is 354 Å². The second-order valence-corrected chi connectivity index (χ2v) is 18.0. The average molecular weight is 828 g/mol. The van der Waals surface area contributed by atoms with Crippen LogP contribution in [0.15, 0.2) is 72.8 Å². The quantitative estimate of drug-likeness (QED) is 0.117. The lowest BCUT2D eigenvalue weighted by molar-refractivity contribution is -0.147. The van der Waals surface area contributed by atoms with Gasteiger partial charge in [-0.15, -0.1) is 0 Å². The van der Waals surface area contributed by atoms with E-state index in [-0.39, 0.29) is 55.5 Å². The molecule has 0 spiro atoms. The van der Waals surface area contributed by atoms with E-state index in [0.717, 1.165) is 34.5 Å². The Morgan fingerprint density at radius 3 is 2.37 bits per heavy atom. The lowest BCUT2D eigenvalue weighted by Gasteiger charge is -2.47. The SMILES string of the molecule is CC1COCCN1C[C@H]1CN(C(=O)OC(C)(C)C)[C@H](C)CN1CC(=O)N1CC(C)(CCCNC(=O)CC(=O)OCc2ccccc2)c2ccc(Cc3ccc(F)cc3)cc21. The summed E-state index contributed by atoms with van der Waals surface area (Å²) in [6.45, 7) is 16.7. The standard InChI is InChI=1S/C47H62FN5O7/c1-33-26-51(39(27-50-21-22-58-30-34(50)2)28-52(33)45(57)60-46(3,4)5)29-43(55)53-32-47(6,40-18-15-37(24-41(40)53)23-35-13-16-38(48)17-14-35)19-10-20-49-42(54)25-44(56)59-31-36-11-8-7-9-12-36/h7-9,11-18,24,33-34,39H,10,19-23,25-32H2,1-6H3,(H,49,54)/t33-,34?,39+,47?/m1/s1. The first-order chi connectivity index (χ1) is 28.6. The van der Waals surface area contributed by atoms with Crippen LogP contribution in [-0.2, 0) is 47.0 Å². The van der Waals surface area contributed by atoms with E-state index in [9.17, 15) is 23.6 Å². The fourth-order valence-corrected chi connectivity index (χ4v) is 8.52. The molecule has 0 aliphatic carbocycles. The summed E-state index contributed by atoms with van der Waals surface area (Å²) in [5.74, 6) is -1.29. The van der Waals surface area contributed by atoms with Gasteiger partial charge in [0, 0.05) is 68.5 Å². The van der Waals surface area contributed by atoms with E-state index < -0.39 is 22.9 Å². The summed E-state index contributed by atoms with van der Waals surface area (Å²) in [7, 11) is 0. The number of nitrogens with zero attached hydrogens (tertiary/aromatic N) is 4. The van der Waals surface area contributed by atoms with Crippen LogP contribution in [0, 0.1) is 5.82 Å². The molecule has 1 N–H and O–H groups in total. The monoisotopic (exact) mass is 827 g/mol. The molecule has 0 saturated carbocycles. The smallest absolute Gasteiger partial charge is 0.410 e. The number of benzene rings is 3. The predicted octanol–water partition coefficient (Wildman–Crippen LogP) is 6.08. The average Bonchev–Trinajstić information content (AvgIpc) is 3.49. The molecule has 2 unspecified atom stereocenters. The summed E-state index contributed by atoms with van der Waals surface area (Å²) in [4.78, 5) is 61.5. The van der Waals surface area contributed by atoms with Crippen LogP contribution in [0.25, 0.3) is 0 Å². The Kier molecular flexibility index (Phi) is 14.7. The molecule has 3 aliphatic rings. The third-order valence-electron chi connectivity index (χ3n) is 11.8. The maximum absolute atomic E-state index is 14.8. The molecule has 3 aromatic rings. The lowest BCUT2D eigenvalue weighted by atomic mass is 9.80. The first-order valence-electron chi connectivity index (χ1n) is 21.3. The maximum Gasteiger partial charge on any atom is 0.410 e. The molecule has 3 amide bonds. The van der Waals surface area contributed by atoms with Crippen LogP contribution in [-0.4, -0.2) is 121 Å². The van der Waals surface area contributed by atoms with Gasteiger partial charge in [0.15, 0.2) is 0 Å². The largest absolute Gasteiger partial charge is 0.460 e. The van der Waals surface area contributed by atoms with Crippen molar-refractivity contribution >= 4 is 29.6 Å². The van der Waals surface area contributed by atoms with Crippen molar-refractivity contribution in [3.8, 4) is 0 Å². The number of piperazine rings is 1. The van der Waals surface area contributed by atoms with Gasteiger partial charge in [0.25, 0.3) is 0 Å². The van der Waals surface area contributed by atoms with Gasteiger partial charge in [-0.1, -0.05) is 61.5 Å². The minimum atomic E-state index is -0.633. The van der Waals surface area contributed by atoms with Crippen LogP contribution < -0.4 is 10.2 Å². The Balaban J connectivity index is 1.16. The maximum atomic E-state index is 14.8. The number of rotatable bonds is 14. The number of esters is 1. The first-order valence-corrected chi connectivity index (χ1v) is 21.3. The number of amides is 3. The van der Waals surface area contributed by atoms with Gasteiger partial charge in [0.05, 0.1) is 19.8 Å². The van der Waals surface area contributed by atoms with Crippen molar-refractivity contribution in [1.29, 1.82) is 0 Å². The number of fused-ring (bicyclic) bond motifs is 1. The van der Waals surface area contributed by atoms with Gasteiger partial charge in [-0.25, -0.2) is 9.18 Å². The third-order valence-corrected chi connectivity index (χ3v) is 11.8.